The third-order valence-electron chi connectivity index (χ3n) is 7.69. The van der Waals surface area contributed by atoms with Gasteiger partial charge in [0.05, 0.1) is 11.4 Å². The second-order valence-electron chi connectivity index (χ2n) is 12.5. The van der Waals surface area contributed by atoms with E-state index in [-0.39, 0.29) is 22.5 Å². The van der Waals surface area contributed by atoms with Crippen molar-refractivity contribution in [3.05, 3.63) is 41.1 Å². The maximum atomic E-state index is 8.61. The minimum atomic E-state index is -3.28. The van der Waals surface area contributed by atoms with E-state index in [1.165, 1.54) is 6.92 Å². The standard InChI is InChI=1S/C29H39N5/c1-25(2,3)18-13-16-14-19(26(4,5)6)34-23(17(16)15-30-18)33-22-24(34)32-21-20(31-22)27(7,8)29(11,12)28(21,9)10/h13-15H,1-12H3/i7D3,8D3,11D3. The van der Waals surface area contributed by atoms with Gasteiger partial charge in [0.25, 0.3) is 0 Å². The van der Waals surface area contributed by atoms with Crippen molar-refractivity contribution in [1.29, 1.82) is 0 Å². The van der Waals surface area contributed by atoms with Crippen LogP contribution in [-0.2, 0) is 21.7 Å². The zero-order valence-electron chi connectivity index (χ0n) is 30.5. The summed E-state index contributed by atoms with van der Waals surface area (Å²) in [6, 6.07) is 4.09. The minimum Gasteiger partial charge on any atom is -0.278 e. The molecular weight excluding hydrogens is 418 g/mol. The number of hydrogen-bond donors (Lipinski definition) is 0. The fourth-order valence-electron chi connectivity index (χ4n) is 4.89. The first-order chi connectivity index (χ1) is 19.1. The van der Waals surface area contributed by atoms with Gasteiger partial charge >= 0.3 is 0 Å². The molecule has 0 fully saturated rings. The van der Waals surface area contributed by atoms with Crippen LogP contribution in [0.15, 0.2) is 18.3 Å². The SMILES string of the molecule is [2H]C([2H])([2H])C1(C)C(C)(C)c2nc3c(nc2C1(C([2H])([2H])[2H])C([2H])([2H])[2H])nc1c2cnc(C(C)(C)C)cc2cc(C(C)(C)C)n31. The van der Waals surface area contributed by atoms with E-state index in [9.17, 15) is 0 Å². The Hall–Kier alpha value is -2.56. The fraction of sp³-hybridized carbons (Fsp3) is 0.586. The van der Waals surface area contributed by atoms with Gasteiger partial charge in [-0.05, 0) is 22.9 Å². The van der Waals surface area contributed by atoms with E-state index in [1.54, 1.807) is 20.0 Å². The molecule has 5 rings (SSSR count). The summed E-state index contributed by atoms with van der Waals surface area (Å²) in [5.74, 6) is 0. The lowest BCUT2D eigenvalue weighted by Crippen LogP contribution is -2.42. The highest BCUT2D eigenvalue weighted by atomic mass is 15.1. The molecule has 1 aliphatic rings. The number of fused-ring (bicyclic) bond motifs is 6. The number of nitrogens with zero attached hydrogens (tertiary/aromatic N) is 5. The molecule has 0 saturated heterocycles. The van der Waals surface area contributed by atoms with Gasteiger partial charge in [-0.25, -0.2) is 15.0 Å². The third kappa shape index (κ3) is 2.79. The first-order valence-corrected chi connectivity index (χ1v) is 11.7. The van der Waals surface area contributed by atoms with Crippen LogP contribution in [0.5, 0.6) is 0 Å². The van der Waals surface area contributed by atoms with Crippen molar-refractivity contribution in [2.45, 2.75) is 105 Å². The van der Waals surface area contributed by atoms with E-state index < -0.39 is 42.2 Å². The molecule has 0 saturated carbocycles. The molecule has 0 aromatic carbocycles. The average molecular weight is 467 g/mol. The number of rotatable bonds is 0. The quantitative estimate of drug-likeness (QED) is 0.279. The molecule has 1 unspecified atom stereocenters. The Bertz CT molecular complexity index is 1780. The molecule has 1 atom stereocenters. The molecule has 0 radical (unpaired) electrons. The van der Waals surface area contributed by atoms with Crippen LogP contribution in [0, 0.1) is 5.41 Å². The Morgan fingerprint density at radius 1 is 0.794 bits per heavy atom. The summed E-state index contributed by atoms with van der Waals surface area (Å²) < 4.78 is 79.2. The van der Waals surface area contributed by atoms with E-state index in [2.05, 4.69) is 52.6 Å². The Labute approximate surface area is 216 Å². The molecule has 0 N–H and O–H groups in total. The van der Waals surface area contributed by atoms with Crippen LogP contribution in [0.3, 0.4) is 0 Å². The lowest BCUT2D eigenvalue weighted by molar-refractivity contribution is 0.122. The number of hydrogen-bond acceptors (Lipinski definition) is 4. The normalized spacial score (nSPS) is 27.1. The average Bonchev–Trinajstić information content (AvgIpc) is 3.24. The topological polar surface area (TPSA) is 56.0 Å². The molecule has 180 valence electrons. The first-order valence-electron chi connectivity index (χ1n) is 16.2. The van der Waals surface area contributed by atoms with Crippen molar-refractivity contribution in [3.63, 3.8) is 0 Å². The van der Waals surface area contributed by atoms with Crippen molar-refractivity contribution in [2.75, 3.05) is 0 Å². The van der Waals surface area contributed by atoms with Crippen molar-refractivity contribution in [3.8, 4) is 0 Å². The summed E-state index contributed by atoms with van der Waals surface area (Å²) >= 11 is 0. The second-order valence-corrected chi connectivity index (χ2v) is 12.5. The van der Waals surface area contributed by atoms with E-state index in [4.69, 9.17) is 27.3 Å². The smallest absolute Gasteiger partial charge is 0.198 e. The maximum Gasteiger partial charge on any atom is 0.198 e. The van der Waals surface area contributed by atoms with Gasteiger partial charge < -0.3 is 0 Å². The van der Waals surface area contributed by atoms with Crippen LogP contribution >= 0.6 is 0 Å². The molecule has 4 aromatic heterocycles. The number of pyridine rings is 2. The highest BCUT2D eigenvalue weighted by Gasteiger charge is 2.59. The lowest BCUT2D eigenvalue weighted by Gasteiger charge is -2.43. The Balaban J connectivity index is 2.03. The molecular formula is C29H39N5. The summed E-state index contributed by atoms with van der Waals surface area (Å²) in [5.41, 5.74) is -5.01. The molecule has 0 spiro atoms. The van der Waals surface area contributed by atoms with Crippen LogP contribution in [0.2, 0.25) is 0 Å². The van der Waals surface area contributed by atoms with Crippen molar-refractivity contribution < 1.29 is 12.3 Å². The zero-order chi connectivity index (χ0) is 32.7. The number of aromatic nitrogens is 5. The molecule has 0 aliphatic heterocycles. The first kappa shape index (κ1) is 14.8. The van der Waals surface area contributed by atoms with E-state index in [1.807, 2.05) is 10.5 Å². The van der Waals surface area contributed by atoms with Gasteiger partial charge in [-0.2, -0.15) is 0 Å². The van der Waals surface area contributed by atoms with Gasteiger partial charge in [-0.1, -0.05) is 82.9 Å². The minimum absolute atomic E-state index is 0.0360. The third-order valence-corrected chi connectivity index (χ3v) is 7.69. The van der Waals surface area contributed by atoms with Gasteiger partial charge in [-0.3, -0.25) is 9.38 Å². The Morgan fingerprint density at radius 2 is 1.47 bits per heavy atom. The summed E-state index contributed by atoms with van der Waals surface area (Å²) in [5, 5.41) is 1.64. The van der Waals surface area contributed by atoms with Gasteiger partial charge in [0.1, 0.15) is 0 Å². The largest absolute Gasteiger partial charge is 0.278 e. The summed E-state index contributed by atoms with van der Waals surface area (Å²) in [7, 11) is 0. The van der Waals surface area contributed by atoms with E-state index in [0.717, 1.165) is 22.2 Å². The van der Waals surface area contributed by atoms with Crippen LogP contribution < -0.4 is 0 Å². The molecule has 1 aliphatic carbocycles. The van der Waals surface area contributed by atoms with Gasteiger partial charge in [0.15, 0.2) is 16.9 Å². The molecule has 0 bridgehead atoms. The fourth-order valence-corrected chi connectivity index (χ4v) is 4.89. The van der Waals surface area contributed by atoms with Crippen LogP contribution in [0.25, 0.3) is 27.7 Å². The summed E-state index contributed by atoms with van der Waals surface area (Å²) in [4.78, 5) is 19.1. The summed E-state index contributed by atoms with van der Waals surface area (Å²) in [6.07, 6.45) is 1.75. The monoisotopic (exact) mass is 466 g/mol. The molecule has 4 aromatic rings. The van der Waals surface area contributed by atoms with Crippen LogP contribution in [0.1, 0.15) is 118 Å². The summed E-state index contributed by atoms with van der Waals surface area (Å²) in [6.45, 7) is 7.20. The maximum absolute atomic E-state index is 8.61. The van der Waals surface area contributed by atoms with E-state index >= 15 is 0 Å². The number of imidazole rings is 1. The lowest BCUT2D eigenvalue weighted by atomic mass is 9.60. The predicted octanol–water partition coefficient (Wildman–Crippen LogP) is 7.02. The Morgan fingerprint density at radius 3 is 2.06 bits per heavy atom. The molecule has 0 amide bonds. The highest BCUT2D eigenvalue weighted by Crippen LogP contribution is 2.60. The van der Waals surface area contributed by atoms with Crippen molar-refractivity contribution in [2.24, 2.45) is 5.41 Å². The molecule has 4 heterocycles. The van der Waals surface area contributed by atoms with E-state index in [0.29, 0.717) is 11.3 Å². The Kier molecular flexibility index (Phi) is 2.76. The van der Waals surface area contributed by atoms with Crippen molar-refractivity contribution >= 4 is 27.7 Å². The zero-order valence-corrected chi connectivity index (χ0v) is 21.5. The highest BCUT2D eigenvalue weighted by molar-refractivity contribution is 5.97. The van der Waals surface area contributed by atoms with Gasteiger partial charge in [0, 0.05) is 57.0 Å². The molecule has 34 heavy (non-hydrogen) atoms. The predicted molar refractivity (Wildman–Crippen MR) is 141 cm³/mol. The van der Waals surface area contributed by atoms with Gasteiger partial charge in [-0.15, -0.1) is 0 Å². The van der Waals surface area contributed by atoms with Gasteiger partial charge in [0.2, 0.25) is 0 Å². The molecule has 5 nitrogen and oxygen atoms in total. The van der Waals surface area contributed by atoms with Crippen molar-refractivity contribution in [1.82, 2.24) is 24.3 Å². The van der Waals surface area contributed by atoms with Crippen LogP contribution in [-0.4, -0.2) is 24.3 Å². The molecule has 5 heteroatoms. The van der Waals surface area contributed by atoms with Crippen LogP contribution in [0.4, 0.5) is 0 Å². The second kappa shape index (κ2) is 6.35.